The summed E-state index contributed by atoms with van der Waals surface area (Å²) in [5, 5.41) is 0. The van der Waals surface area contributed by atoms with Crippen molar-refractivity contribution >= 4 is 20.8 Å². The molecule has 0 heterocycles. The quantitative estimate of drug-likeness (QED) is 0.0262. The summed E-state index contributed by atoms with van der Waals surface area (Å²) in [6, 6.07) is 0. The molecular formula is C72H152N2O8S2. The van der Waals surface area contributed by atoms with Gasteiger partial charge in [0, 0.05) is 0 Å². The van der Waals surface area contributed by atoms with Gasteiger partial charge in [-0.15, -0.1) is 0 Å². The highest BCUT2D eigenvalue weighted by molar-refractivity contribution is 7.83. The van der Waals surface area contributed by atoms with Crippen molar-refractivity contribution in [1.82, 2.24) is 9.80 Å². The van der Waals surface area contributed by atoms with Crippen molar-refractivity contribution in [3.8, 4) is 0 Å². The molecule has 0 saturated carbocycles. The molecular weight excluding hydrogens is 1080 g/mol. The van der Waals surface area contributed by atoms with Crippen LogP contribution in [0.15, 0.2) is 0 Å². The summed E-state index contributed by atoms with van der Waals surface area (Å²) in [6.45, 7) is 22.1. The van der Waals surface area contributed by atoms with Crippen molar-refractivity contribution < 1.29 is 34.6 Å². The Morgan fingerprint density at radius 3 is 0.381 bits per heavy atom. The highest BCUT2D eigenvalue weighted by Crippen LogP contribution is 2.18. The molecule has 0 fully saturated rings. The van der Waals surface area contributed by atoms with Crippen LogP contribution >= 0.6 is 0 Å². The molecule has 0 atom stereocenters. The second-order valence-corrected chi connectivity index (χ2v) is 27.7. The monoisotopic (exact) mass is 1240 g/mol. The number of hydrogen-bond acceptors (Lipinski definition) is 8. The largest absolute Gasteiger partial charge is 0.425 e. The van der Waals surface area contributed by atoms with Crippen molar-refractivity contribution in [3.05, 3.63) is 0 Å². The second-order valence-electron chi connectivity index (χ2n) is 25.8. The molecule has 0 aliphatic heterocycles. The topological polar surface area (TPSA) is 134 Å². The van der Waals surface area contributed by atoms with Crippen LogP contribution in [0.1, 0.15) is 427 Å². The van der Waals surface area contributed by atoms with Crippen LogP contribution in [0.5, 0.6) is 0 Å². The van der Waals surface area contributed by atoms with E-state index in [-0.39, 0.29) is 0 Å². The van der Waals surface area contributed by atoms with Crippen LogP contribution in [0.25, 0.3) is 0 Å². The minimum atomic E-state index is -5.02. The van der Waals surface area contributed by atoms with Gasteiger partial charge in [-0.25, -0.2) is 0 Å². The number of hydrogen-bond donors (Lipinski definition) is 2. The SMILES string of the molecule is CCCCCCCCCCCCN(CCCCCCCCCCCC)CCCCCCCCCCCC.CCCCCCCCCCCCN(CCCCCCCCCCCC)CCCCCCCCCCCC.O=S(=O)(O)OOS(=O)(=O)O. The van der Waals surface area contributed by atoms with Crippen LogP contribution in [-0.4, -0.2) is 75.0 Å². The molecule has 12 heteroatoms. The van der Waals surface area contributed by atoms with Gasteiger partial charge in [0.1, 0.15) is 0 Å². The molecule has 0 amide bonds. The molecule has 0 aromatic heterocycles. The molecule has 10 nitrogen and oxygen atoms in total. The summed E-state index contributed by atoms with van der Waals surface area (Å²) in [5.74, 6) is 0. The third-order valence-electron chi connectivity index (χ3n) is 17.2. The maximum atomic E-state index is 9.51. The molecule has 84 heavy (non-hydrogen) atoms. The van der Waals surface area contributed by atoms with Gasteiger partial charge in [0.05, 0.1) is 0 Å². The fourth-order valence-corrected chi connectivity index (χ4v) is 12.2. The van der Waals surface area contributed by atoms with Gasteiger partial charge in [0.25, 0.3) is 0 Å². The summed E-state index contributed by atoms with van der Waals surface area (Å²) in [7, 11) is -10.0. The molecule has 0 aromatic rings. The second kappa shape index (κ2) is 75.1. The predicted molar refractivity (Wildman–Crippen MR) is 369 cm³/mol. The lowest BCUT2D eigenvalue weighted by molar-refractivity contribution is -0.105. The minimum Gasteiger partial charge on any atom is -0.303 e. The summed E-state index contributed by atoms with van der Waals surface area (Å²) >= 11 is 0. The molecule has 0 saturated heterocycles. The van der Waals surface area contributed by atoms with Gasteiger partial charge in [-0.05, 0) is 77.8 Å². The highest BCUT2D eigenvalue weighted by atomic mass is 32.3. The molecule has 0 spiro atoms. The fraction of sp³-hybridized carbons (Fsp3) is 1.00. The molecule has 0 unspecified atom stereocenters. The molecule has 0 aliphatic carbocycles. The Morgan fingerprint density at radius 1 is 0.190 bits per heavy atom. The van der Waals surface area contributed by atoms with Crippen LogP contribution in [0.4, 0.5) is 0 Å². The van der Waals surface area contributed by atoms with E-state index in [2.05, 4.69) is 60.0 Å². The number of unbranched alkanes of at least 4 members (excludes halogenated alkanes) is 54. The van der Waals surface area contributed by atoms with E-state index in [4.69, 9.17) is 9.11 Å². The van der Waals surface area contributed by atoms with E-state index in [1.165, 1.54) is 425 Å². The van der Waals surface area contributed by atoms with Gasteiger partial charge in [0.15, 0.2) is 0 Å². The Hall–Kier alpha value is -0.340. The maximum Gasteiger partial charge on any atom is 0.425 e. The summed E-state index contributed by atoms with van der Waals surface area (Å²) in [6.07, 6.45) is 87.2. The van der Waals surface area contributed by atoms with E-state index in [0.29, 0.717) is 0 Å². The van der Waals surface area contributed by atoms with Crippen molar-refractivity contribution in [2.45, 2.75) is 427 Å². The smallest absolute Gasteiger partial charge is 0.303 e. The third kappa shape index (κ3) is 85.9. The van der Waals surface area contributed by atoms with Gasteiger partial charge in [-0.1, -0.05) is 397 Å². The average molecular weight is 1240 g/mol. The first-order valence-corrected chi connectivity index (χ1v) is 40.4. The van der Waals surface area contributed by atoms with Crippen LogP contribution in [0, 0.1) is 0 Å². The van der Waals surface area contributed by atoms with Gasteiger partial charge >= 0.3 is 20.8 Å². The first kappa shape index (κ1) is 87.9. The van der Waals surface area contributed by atoms with Crippen molar-refractivity contribution in [2.24, 2.45) is 0 Å². The standard InChI is InChI=1S/2C36H75N.H2O8S2/c2*1-4-7-10-13-16-19-22-25-28-31-34-37(35-32-29-26-23-20-17-14-11-8-5-2)36-33-30-27-24-21-18-15-12-9-6-3;1-9(2,3)7-8-10(4,5)6/h2*4-36H2,1-3H3;(H,1,2,3)(H,4,5,6). The lowest BCUT2D eigenvalue weighted by Gasteiger charge is -2.22. The Morgan fingerprint density at radius 2 is 0.286 bits per heavy atom. The summed E-state index contributed by atoms with van der Waals surface area (Å²) in [4.78, 5) is 5.69. The van der Waals surface area contributed by atoms with Crippen molar-refractivity contribution in [1.29, 1.82) is 0 Å². The van der Waals surface area contributed by atoms with E-state index in [1.54, 1.807) is 0 Å². The number of nitrogens with zero attached hydrogens (tertiary/aromatic N) is 2. The van der Waals surface area contributed by atoms with E-state index in [0.717, 1.165) is 0 Å². The summed E-state index contributed by atoms with van der Waals surface area (Å²) < 4.78 is 58.9. The first-order chi connectivity index (χ1) is 40.9. The van der Waals surface area contributed by atoms with Gasteiger partial charge in [-0.3, -0.25) is 9.11 Å². The molecule has 0 aliphatic rings. The molecule has 0 radical (unpaired) electrons. The third-order valence-corrected chi connectivity index (χ3v) is 17.7. The Labute approximate surface area is 528 Å². The predicted octanol–water partition coefficient (Wildman–Crippen LogP) is 24.6. The fourth-order valence-electron chi connectivity index (χ4n) is 11.7. The van der Waals surface area contributed by atoms with E-state index in [1.807, 2.05) is 0 Å². The molecule has 0 aromatic carbocycles. The van der Waals surface area contributed by atoms with E-state index in [9.17, 15) is 16.8 Å². The van der Waals surface area contributed by atoms with Crippen LogP contribution in [0.2, 0.25) is 0 Å². The highest BCUT2D eigenvalue weighted by Gasteiger charge is 2.13. The minimum absolute atomic E-state index is 1.37. The maximum absolute atomic E-state index is 9.51. The van der Waals surface area contributed by atoms with E-state index < -0.39 is 20.8 Å². The Kier molecular flexibility index (Phi) is 78.6. The molecule has 0 bridgehead atoms. The molecule has 0 rings (SSSR count). The first-order valence-electron chi connectivity index (χ1n) is 37.7. The van der Waals surface area contributed by atoms with Crippen molar-refractivity contribution in [2.75, 3.05) is 39.3 Å². The zero-order chi connectivity index (χ0) is 62.2. The average Bonchev–Trinajstić information content (AvgIpc) is 3.51. The van der Waals surface area contributed by atoms with E-state index >= 15 is 0 Å². The van der Waals surface area contributed by atoms with Gasteiger partial charge in [-0.2, -0.15) is 16.8 Å². The van der Waals surface area contributed by atoms with Crippen LogP contribution < -0.4 is 0 Å². The lowest BCUT2D eigenvalue weighted by atomic mass is 10.1. The zero-order valence-electron chi connectivity index (χ0n) is 57.7. The van der Waals surface area contributed by atoms with Crippen LogP contribution in [0.3, 0.4) is 0 Å². The number of rotatable bonds is 69. The Balaban J connectivity index is -0.00000134. The lowest BCUT2D eigenvalue weighted by Crippen LogP contribution is -2.27. The van der Waals surface area contributed by atoms with Crippen LogP contribution in [-0.2, 0) is 29.5 Å². The molecule has 510 valence electrons. The Bertz CT molecular complexity index is 1190. The summed E-state index contributed by atoms with van der Waals surface area (Å²) in [5.41, 5.74) is 0. The zero-order valence-corrected chi connectivity index (χ0v) is 59.4. The van der Waals surface area contributed by atoms with Crippen molar-refractivity contribution in [3.63, 3.8) is 0 Å². The van der Waals surface area contributed by atoms with Gasteiger partial charge in [0.2, 0.25) is 0 Å². The molecule has 2 N–H and O–H groups in total. The van der Waals surface area contributed by atoms with Gasteiger partial charge < -0.3 is 9.80 Å². The normalized spacial score (nSPS) is 11.9.